The van der Waals surface area contributed by atoms with E-state index >= 15 is 0 Å². The van der Waals surface area contributed by atoms with E-state index in [1.165, 1.54) is 0 Å². The largest absolute Gasteiger partial charge is 0.346 e. The average Bonchev–Trinajstić information content (AvgIpc) is 2.75. The lowest BCUT2D eigenvalue weighted by molar-refractivity contribution is 0.0952. The zero-order valence-electron chi connectivity index (χ0n) is 14.9. The Labute approximate surface area is 168 Å². The number of amides is 2. The summed E-state index contributed by atoms with van der Waals surface area (Å²) in [5.41, 5.74) is 4.70. The van der Waals surface area contributed by atoms with Crippen molar-refractivity contribution < 1.29 is 9.59 Å². The third kappa shape index (κ3) is 5.05. The maximum absolute atomic E-state index is 12.4. The number of nitrogens with one attached hydrogen (secondary N) is 2. The molecule has 3 rings (SSSR count). The molecule has 0 radical (unpaired) electrons. The summed E-state index contributed by atoms with van der Waals surface area (Å²) in [6, 6.07) is 24.9. The van der Waals surface area contributed by atoms with Crippen molar-refractivity contribution in [1.29, 1.82) is 0 Å². The Morgan fingerprint density at radius 2 is 1.32 bits per heavy atom. The van der Waals surface area contributed by atoms with E-state index in [0.717, 1.165) is 5.56 Å². The second kappa shape index (κ2) is 9.48. The number of halogens is 1. The van der Waals surface area contributed by atoms with E-state index in [0.29, 0.717) is 21.9 Å². The van der Waals surface area contributed by atoms with Crippen molar-refractivity contribution in [2.45, 2.75) is 0 Å². The first-order valence-corrected chi connectivity index (χ1v) is 9.03. The summed E-state index contributed by atoms with van der Waals surface area (Å²) in [4.78, 5) is 24.7. The standard InChI is InChI=1S/C22H18ClN3O2/c23-19-14-8-7-13-18(19)22(28)26-25-20(16-9-3-1-4-10-16)15-24-21(27)17-11-5-2-6-12-17/h1-14H,15H2,(H,24,27)(H,26,28)/b25-20+. The van der Waals surface area contributed by atoms with E-state index in [9.17, 15) is 9.59 Å². The zero-order valence-corrected chi connectivity index (χ0v) is 15.7. The number of carbonyl (C=O) groups excluding carboxylic acids is 2. The van der Waals surface area contributed by atoms with Crippen LogP contribution >= 0.6 is 11.6 Å². The Bertz CT molecular complexity index is 989. The number of nitrogens with zero attached hydrogens (tertiary/aromatic N) is 1. The predicted octanol–water partition coefficient (Wildman–Crippen LogP) is 3.90. The van der Waals surface area contributed by atoms with Crippen molar-refractivity contribution >= 4 is 29.1 Å². The fourth-order valence-electron chi connectivity index (χ4n) is 2.52. The Hall–Kier alpha value is -3.44. The van der Waals surface area contributed by atoms with E-state index in [2.05, 4.69) is 15.8 Å². The molecule has 5 nitrogen and oxygen atoms in total. The number of hydrazone groups is 1. The van der Waals surface area contributed by atoms with Crippen LogP contribution in [0.3, 0.4) is 0 Å². The van der Waals surface area contributed by atoms with Gasteiger partial charge in [0.2, 0.25) is 0 Å². The minimum Gasteiger partial charge on any atom is -0.346 e. The van der Waals surface area contributed by atoms with Crippen LogP contribution < -0.4 is 10.7 Å². The van der Waals surface area contributed by atoms with Gasteiger partial charge in [0.25, 0.3) is 11.8 Å². The van der Waals surface area contributed by atoms with Gasteiger partial charge in [0.1, 0.15) is 0 Å². The van der Waals surface area contributed by atoms with Gasteiger partial charge in [-0.25, -0.2) is 5.43 Å². The molecule has 28 heavy (non-hydrogen) atoms. The molecule has 0 atom stereocenters. The highest BCUT2D eigenvalue weighted by molar-refractivity contribution is 6.33. The average molecular weight is 392 g/mol. The number of benzene rings is 3. The molecular weight excluding hydrogens is 374 g/mol. The van der Waals surface area contributed by atoms with Gasteiger partial charge in [0, 0.05) is 5.56 Å². The first-order chi connectivity index (χ1) is 13.6. The Balaban J connectivity index is 1.76. The van der Waals surface area contributed by atoms with E-state index < -0.39 is 5.91 Å². The lowest BCUT2D eigenvalue weighted by atomic mass is 10.1. The lowest BCUT2D eigenvalue weighted by Gasteiger charge is -2.10. The van der Waals surface area contributed by atoms with Crippen LogP contribution in [0.5, 0.6) is 0 Å². The van der Waals surface area contributed by atoms with Crippen LogP contribution in [0.2, 0.25) is 5.02 Å². The Morgan fingerprint density at radius 3 is 1.96 bits per heavy atom. The van der Waals surface area contributed by atoms with Crippen molar-refractivity contribution in [2.24, 2.45) is 5.10 Å². The highest BCUT2D eigenvalue weighted by Gasteiger charge is 2.11. The van der Waals surface area contributed by atoms with Crippen LogP contribution in [0, 0.1) is 0 Å². The SMILES string of the molecule is O=C(NC/C(=N\NC(=O)c1ccccc1Cl)c1ccccc1)c1ccccc1. The molecular formula is C22H18ClN3O2. The third-order valence-electron chi connectivity index (χ3n) is 3.97. The van der Waals surface area contributed by atoms with Crippen LogP contribution in [0.25, 0.3) is 0 Å². The second-order valence-corrected chi connectivity index (χ2v) is 6.30. The Morgan fingerprint density at radius 1 is 0.750 bits per heavy atom. The molecule has 0 unspecified atom stereocenters. The second-order valence-electron chi connectivity index (χ2n) is 5.89. The fourth-order valence-corrected chi connectivity index (χ4v) is 2.74. The van der Waals surface area contributed by atoms with E-state index in [1.54, 1.807) is 48.5 Å². The quantitative estimate of drug-likeness (QED) is 0.494. The van der Waals surface area contributed by atoms with Crippen molar-refractivity contribution in [3.63, 3.8) is 0 Å². The highest BCUT2D eigenvalue weighted by atomic mass is 35.5. The molecule has 2 amide bonds. The molecule has 3 aromatic carbocycles. The molecule has 0 saturated heterocycles. The lowest BCUT2D eigenvalue weighted by Crippen LogP contribution is -2.32. The molecule has 2 N–H and O–H groups in total. The molecule has 0 bridgehead atoms. The molecule has 0 aliphatic rings. The summed E-state index contributed by atoms with van der Waals surface area (Å²) in [6.45, 7) is 0.153. The maximum Gasteiger partial charge on any atom is 0.272 e. The summed E-state index contributed by atoms with van der Waals surface area (Å²) in [7, 11) is 0. The van der Waals surface area contributed by atoms with Crippen molar-refractivity contribution in [3.8, 4) is 0 Å². The minimum absolute atomic E-state index is 0.153. The predicted molar refractivity (Wildman–Crippen MR) is 111 cm³/mol. The Kier molecular flexibility index (Phi) is 6.54. The van der Waals surface area contributed by atoms with Gasteiger partial charge in [-0.3, -0.25) is 9.59 Å². The minimum atomic E-state index is -0.423. The van der Waals surface area contributed by atoms with Crippen molar-refractivity contribution in [3.05, 3.63) is 107 Å². The zero-order chi connectivity index (χ0) is 19.8. The molecule has 0 aliphatic carbocycles. The smallest absolute Gasteiger partial charge is 0.272 e. The van der Waals surface area contributed by atoms with Gasteiger partial charge in [-0.05, 0) is 29.8 Å². The first-order valence-electron chi connectivity index (χ1n) is 8.65. The van der Waals surface area contributed by atoms with E-state index in [1.807, 2.05) is 36.4 Å². The van der Waals surface area contributed by atoms with Gasteiger partial charge in [-0.15, -0.1) is 0 Å². The van der Waals surface area contributed by atoms with Crippen LogP contribution in [0.15, 0.2) is 90.0 Å². The highest BCUT2D eigenvalue weighted by Crippen LogP contribution is 2.14. The molecule has 140 valence electrons. The molecule has 0 spiro atoms. The summed E-state index contributed by atoms with van der Waals surface area (Å²) in [5, 5.41) is 7.39. The molecule has 0 aliphatic heterocycles. The molecule has 0 aromatic heterocycles. The van der Waals surface area contributed by atoms with Crippen LogP contribution in [-0.2, 0) is 0 Å². The van der Waals surface area contributed by atoms with E-state index in [4.69, 9.17) is 11.6 Å². The number of carbonyl (C=O) groups is 2. The van der Waals surface area contributed by atoms with Crippen LogP contribution in [-0.4, -0.2) is 24.1 Å². The molecule has 0 heterocycles. The van der Waals surface area contributed by atoms with E-state index in [-0.39, 0.29) is 12.5 Å². The molecule has 0 fully saturated rings. The number of rotatable bonds is 6. The normalized spacial score (nSPS) is 11.0. The first kappa shape index (κ1) is 19.3. The summed E-state index contributed by atoms with van der Waals surface area (Å²) in [6.07, 6.45) is 0. The van der Waals surface area contributed by atoms with Gasteiger partial charge >= 0.3 is 0 Å². The van der Waals surface area contributed by atoms with Crippen LogP contribution in [0.4, 0.5) is 0 Å². The topological polar surface area (TPSA) is 70.6 Å². The van der Waals surface area contributed by atoms with Gasteiger partial charge in [0.15, 0.2) is 0 Å². The van der Waals surface area contributed by atoms with Gasteiger partial charge in [-0.2, -0.15) is 5.10 Å². The van der Waals surface area contributed by atoms with Gasteiger partial charge in [0.05, 0.1) is 22.8 Å². The monoisotopic (exact) mass is 391 g/mol. The molecule has 0 saturated carbocycles. The van der Waals surface area contributed by atoms with Crippen molar-refractivity contribution in [2.75, 3.05) is 6.54 Å². The molecule has 3 aromatic rings. The summed E-state index contributed by atoms with van der Waals surface area (Å²) >= 11 is 6.06. The summed E-state index contributed by atoms with van der Waals surface area (Å²) in [5.74, 6) is -0.643. The van der Waals surface area contributed by atoms with Crippen LogP contribution in [0.1, 0.15) is 26.3 Å². The summed E-state index contributed by atoms with van der Waals surface area (Å²) < 4.78 is 0. The van der Waals surface area contributed by atoms with Gasteiger partial charge in [-0.1, -0.05) is 72.3 Å². The van der Waals surface area contributed by atoms with Crippen molar-refractivity contribution in [1.82, 2.24) is 10.7 Å². The maximum atomic E-state index is 12.4. The number of hydrogen-bond donors (Lipinski definition) is 2. The number of hydrogen-bond acceptors (Lipinski definition) is 3. The molecule has 6 heteroatoms. The fraction of sp³-hybridized carbons (Fsp3) is 0.0455. The van der Waals surface area contributed by atoms with Gasteiger partial charge < -0.3 is 5.32 Å². The third-order valence-corrected chi connectivity index (χ3v) is 4.30.